The van der Waals surface area contributed by atoms with Crippen LogP contribution in [0.25, 0.3) is 0 Å². The maximum Gasteiger partial charge on any atom is 0.330 e. The first kappa shape index (κ1) is 20.4. The third-order valence-electron chi connectivity index (χ3n) is 5.01. The molecule has 0 amide bonds. The smallest absolute Gasteiger partial charge is 0.330 e. The average molecular weight is 393 g/mol. The highest BCUT2D eigenvalue weighted by Crippen LogP contribution is 2.19. The van der Waals surface area contributed by atoms with E-state index in [2.05, 4.69) is 4.90 Å². The Labute approximate surface area is 171 Å². The number of nitrogens with two attached hydrogens (primary N) is 1. The molecular weight excluding hydrogens is 366 g/mol. The van der Waals surface area contributed by atoms with Gasteiger partial charge in [-0.3, -0.25) is 10.8 Å². The molecule has 0 bridgehead atoms. The van der Waals surface area contributed by atoms with Crippen LogP contribution in [0.3, 0.4) is 0 Å². The second-order valence-corrected chi connectivity index (χ2v) is 7.02. The number of nitrogens with one attached hydrogen (secondary N) is 2. The Hall–Kier alpha value is -3.35. The topological polar surface area (TPSA) is 106 Å². The number of nitrogens with zero attached hydrogens (tertiary/aromatic N) is 2. The minimum atomic E-state index is -0.373. The van der Waals surface area contributed by atoms with Crippen LogP contribution in [-0.2, 0) is 4.79 Å². The third-order valence-corrected chi connectivity index (χ3v) is 5.01. The lowest BCUT2D eigenvalue weighted by molar-refractivity contribution is -0.132. The van der Waals surface area contributed by atoms with E-state index in [1.54, 1.807) is 24.3 Å². The van der Waals surface area contributed by atoms with Gasteiger partial charge in [0.1, 0.15) is 24.0 Å². The number of anilines is 1. The van der Waals surface area contributed by atoms with Crippen molar-refractivity contribution < 1.29 is 9.53 Å². The van der Waals surface area contributed by atoms with Crippen LogP contribution < -0.4 is 15.4 Å². The summed E-state index contributed by atoms with van der Waals surface area (Å²) in [6, 6.07) is 14.3. The van der Waals surface area contributed by atoms with Crippen molar-refractivity contribution in [3.05, 3.63) is 59.7 Å². The molecule has 2 aromatic rings. The van der Waals surface area contributed by atoms with Gasteiger partial charge in [0.2, 0.25) is 0 Å². The van der Waals surface area contributed by atoms with Crippen LogP contribution in [0.4, 0.5) is 5.69 Å². The Kier molecular flexibility index (Phi) is 6.49. The van der Waals surface area contributed by atoms with Crippen LogP contribution in [-0.4, -0.2) is 48.7 Å². The highest BCUT2D eigenvalue weighted by molar-refractivity contribution is 5.97. The number of benzene rings is 2. The van der Waals surface area contributed by atoms with Crippen molar-refractivity contribution in [3.63, 3.8) is 0 Å². The maximum atomic E-state index is 12.4. The molecule has 1 saturated heterocycles. The number of hydrogen-bond acceptors (Lipinski definition) is 5. The minimum absolute atomic E-state index is 0.00920. The Balaban J connectivity index is 1.61. The van der Waals surface area contributed by atoms with Crippen LogP contribution in [0.2, 0.25) is 0 Å². The number of rotatable bonds is 7. The summed E-state index contributed by atoms with van der Waals surface area (Å²) in [6.07, 6.45) is 2.25. The van der Waals surface area contributed by atoms with Crippen LogP contribution in [0.1, 0.15) is 30.9 Å². The quantitative estimate of drug-likeness (QED) is 0.290. The van der Waals surface area contributed by atoms with Crippen molar-refractivity contribution in [2.75, 3.05) is 31.1 Å². The fraction of sp³-hybridized carbons (Fsp3) is 0.318. The second-order valence-electron chi connectivity index (χ2n) is 7.02. The Morgan fingerprint density at radius 3 is 2.41 bits per heavy atom. The van der Waals surface area contributed by atoms with Crippen molar-refractivity contribution in [2.24, 2.45) is 5.73 Å². The van der Waals surface area contributed by atoms with E-state index in [-0.39, 0.29) is 18.3 Å². The molecule has 2 aromatic carbocycles. The van der Waals surface area contributed by atoms with Gasteiger partial charge in [-0.2, -0.15) is 0 Å². The number of likely N-dealkylation sites (tertiary alicyclic amines) is 1. The molecule has 1 heterocycles. The van der Waals surface area contributed by atoms with Crippen molar-refractivity contribution in [2.45, 2.75) is 19.8 Å². The number of carbonyl (C=O) groups excluding carboxylic acids is 1. The van der Waals surface area contributed by atoms with Crippen molar-refractivity contribution in [1.29, 1.82) is 10.8 Å². The normalized spacial score (nSPS) is 13.2. The fourth-order valence-corrected chi connectivity index (χ4v) is 3.38. The molecule has 3 rings (SSSR count). The van der Waals surface area contributed by atoms with E-state index in [0.29, 0.717) is 23.7 Å². The predicted molar refractivity (Wildman–Crippen MR) is 115 cm³/mol. The van der Waals surface area contributed by atoms with Gasteiger partial charge in [-0.25, -0.2) is 4.79 Å². The van der Waals surface area contributed by atoms with E-state index in [4.69, 9.17) is 21.3 Å². The SMILES string of the molecule is CCN(CC(=O)Oc1ccc(C(=N)N2CCCC2)cc1)c1cccc(C(=N)N)c1. The van der Waals surface area contributed by atoms with E-state index < -0.39 is 0 Å². The lowest BCUT2D eigenvalue weighted by Crippen LogP contribution is -2.32. The van der Waals surface area contributed by atoms with Crippen molar-refractivity contribution in [3.8, 4) is 5.75 Å². The van der Waals surface area contributed by atoms with Crippen LogP contribution in [0.5, 0.6) is 5.75 Å². The molecule has 0 aliphatic carbocycles. The molecule has 29 heavy (non-hydrogen) atoms. The van der Waals surface area contributed by atoms with Crippen LogP contribution >= 0.6 is 0 Å². The number of carbonyl (C=O) groups is 1. The lowest BCUT2D eigenvalue weighted by atomic mass is 10.1. The van der Waals surface area contributed by atoms with Gasteiger partial charge in [-0.1, -0.05) is 12.1 Å². The number of esters is 1. The molecule has 152 valence electrons. The lowest BCUT2D eigenvalue weighted by Gasteiger charge is -2.22. The van der Waals surface area contributed by atoms with Gasteiger partial charge in [0, 0.05) is 36.4 Å². The number of nitrogen functional groups attached to an aromatic ring is 1. The summed E-state index contributed by atoms with van der Waals surface area (Å²) >= 11 is 0. The summed E-state index contributed by atoms with van der Waals surface area (Å²) < 4.78 is 5.47. The zero-order valence-corrected chi connectivity index (χ0v) is 16.6. The van der Waals surface area contributed by atoms with Gasteiger partial charge >= 0.3 is 5.97 Å². The summed E-state index contributed by atoms with van der Waals surface area (Å²) in [7, 11) is 0. The first-order valence-electron chi connectivity index (χ1n) is 9.82. The predicted octanol–water partition coefficient (Wildman–Crippen LogP) is 2.82. The molecule has 7 nitrogen and oxygen atoms in total. The van der Waals surface area contributed by atoms with Gasteiger partial charge in [0.25, 0.3) is 0 Å². The van der Waals surface area contributed by atoms with Gasteiger partial charge in [0.15, 0.2) is 0 Å². The molecule has 0 atom stereocenters. The highest BCUT2D eigenvalue weighted by atomic mass is 16.5. The summed E-state index contributed by atoms with van der Waals surface area (Å²) in [6.45, 7) is 4.50. The Morgan fingerprint density at radius 1 is 1.10 bits per heavy atom. The largest absolute Gasteiger partial charge is 0.425 e. The molecule has 7 heteroatoms. The van der Waals surface area contributed by atoms with E-state index in [0.717, 1.165) is 37.2 Å². The molecule has 1 fully saturated rings. The summed E-state index contributed by atoms with van der Waals surface area (Å²) in [4.78, 5) is 16.4. The highest BCUT2D eigenvalue weighted by Gasteiger charge is 2.17. The number of hydrogen-bond donors (Lipinski definition) is 3. The Morgan fingerprint density at radius 2 is 1.79 bits per heavy atom. The third kappa shape index (κ3) is 5.13. The molecule has 0 spiro atoms. The van der Waals surface area contributed by atoms with E-state index in [1.165, 1.54) is 0 Å². The van der Waals surface area contributed by atoms with Gasteiger partial charge in [-0.15, -0.1) is 0 Å². The molecule has 1 aliphatic heterocycles. The monoisotopic (exact) mass is 393 g/mol. The van der Waals surface area contributed by atoms with Crippen LogP contribution in [0, 0.1) is 10.8 Å². The first-order chi connectivity index (χ1) is 14.0. The number of ether oxygens (including phenoxy) is 1. The van der Waals surface area contributed by atoms with Gasteiger partial charge in [-0.05, 0) is 56.2 Å². The standard InChI is InChI=1S/C22H27N5O2/c1-2-26(18-7-5-6-17(14-18)21(23)24)15-20(28)29-19-10-8-16(9-11-19)22(25)27-12-3-4-13-27/h5-11,14,25H,2-4,12-13,15H2,1H3,(H3,23,24). The maximum absolute atomic E-state index is 12.4. The molecular formula is C22H27N5O2. The minimum Gasteiger partial charge on any atom is -0.425 e. The zero-order chi connectivity index (χ0) is 20.8. The van der Waals surface area contributed by atoms with E-state index in [1.807, 2.05) is 36.1 Å². The van der Waals surface area contributed by atoms with E-state index >= 15 is 0 Å². The number of likely N-dealkylation sites (N-methyl/N-ethyl adjacent to an activating group) is 1. The summed E-state index contributed by atoms with van der Waals surface area (Å²) in [5.41, 5.74) is 7.81. The first-order valence-corrected chi connectivity index (χ1v) is 9.82. The molecule has 4 N–H and O–H groups in total. The molecule has 0 radical (unpaired) electrons. The van der Waals surface area contributed by atoms with Gasteiger partial charge in [0.05, 0.1) is 0 Å². The average Bonchev–Trinajstić information content (AvgIpc) is 3.27. The molecule has 0 aromatic heterocycles. The van der Waals surface area contributed by atoms with Crippen LogP contribution in [0.15, 0.2) is 48.5 Å². The molecule has 1 aliphatic rings. The van der Waals surface area contributed by atoms with Crippen molar-refractivity contribution in [1.82, 2.24) is 4.90 Å². The molecule has 0 unspecified atom stereocenters. The second kappa shape index (κ2) is 9.23. The van der Waals surface area contributed by atoms with Gasteiger partial charge < -0.3 is 20.3 Å². The Bertz CT molecular complexity index is 888. The zero-order valence-electron chi connectivity index (χ0n) is 16.6. The summed E-state index contributed by atoms with van der Waals surface area (Å²) in [5.74, 6) is 0.594. The number of amidine groups is 2. The fourth-order valence-electron chi connectivity index (χ4n) is 3.38. The summed E-state index contributed by atoms with van der Waals surface area (Å²) in [5, 5.41) is 15.9. The van der Waals surface area contributed by atoms with E-state index in [9.17, 15) is 4.79 Å². The van der Waals surface area contributed by atoms with Crippen molar-refractivity contribution >= 4 is 23.3 Å². The molecule has 0 saturated carbocycles.